The molecular weight excluding hydrogens is 354 g/mol. The van der Waals surface area contributed by atoms with Gasteiger partial charge in [0.15, 0.2) is 5.78 Å². The molecule has 3 rings (SSSR count). The van der Waals surface area contributed by atoms with E-state index in [-0.39, 0.29) is 41.3 Å². The van der Waals surface area contributed by atoms with Gasteiger partial charge >= 0.3 is 5.97 Å². The summed E-state index contributed by atoms with van der Waals surface area (Å²) in [5, 5.41) is 2.76. The Morgan fingerprint density at radius 3 is 2.68 bits per heavy atom. The number of fused-ring (bicyclic) bond motifs is 1. The van der Waals surface area contributed by atoms with Crippen molar-refractivity contribution in [2.24, 2.45) is 0 Å². The molecule has 1 aliphatic carbocycles. The lowest BCUT2D eigenvalue weighted by atomic mass is 9.98. The fourth-order valence-electron chi connectivity index (χ4n) is 3.65. The lowest BCUT2D eigenvalue weighted by Crippen LogP contribution is -2.15. The Kier molecular flexibility index (Phi) is 6.24. The molecule has 1 aliphatic rings. The zero-order valence-corrected chi connectivity index (χ0v) is 16.3. The molecule has 0 fully saturated rings. The van der Waals surface area contributed by atoms with Crippen LogP contribution in [-0.4, -0.2) is 17.7 Å². The molecule has 146 valence electrons. The monoisotopic (exact) mass is 379 g/mol. The van der Waals surface area contributed by atoms with Crippen LogP contribution in [0.4, 0.5) is 5.69 Å². The summed E-state index contributed by atoms with van der Waals surface area (Å²) in [6.45, 7) is 3.34. The maximum atomic E-state index is 12.5. The molecule has 1 unspecified atom stereocenters. The lowest BCUT2D eigenvalue weighted by molar-refractivity contribution is -0.134. The molecule has 0 aromatic heterocycles. The van der Waals surface area contributed by atoms with Crippen LogP contribution in [0.5, 0.6) is 5.75 Å². The van der Waals surface area contributed by atoms with Crippen molar-refractivity contribution in [3.05, 3.63) is 59.2 Å². The van der Waals surface area contributed by atoms with Gasteiger partial charge in [-0.15, -0.1) is 0 Å². The Hall–Kier alpha value is -2.95. The molecule has 0 heterocycles. The van der Waals surface area contributed by atoms with Gasteiger partial charge in [-0.2, -0.15) is 0 Å². The Bertz CT molecular complexity index is 903. The van der Waals surface area contributed by atoms with Crippen LogP contribution in [0.25, 0.3) is 0 Å². The van der Waals surface area contributed by atoms with E-state index < -0.39 is 0 Å². The first kappa shape index (κ1) is 19.8. The molecule has 0 saturated heterocycles. The molecule has 28 heavy (non-hydrogen) atoms. The SMILES string of the molecule is CCCC(=O)Nc1ccc(OC(=O)CC2CCc3ccccc32)c(C(C)=O)c1. The van der Waals surface area contributed by atoms with Gasteiger partial charge in [-0.25, -0.2) is 0 Å². The third kappa shape index (κ3) is 4.66. The highest BCUT2D eigenvalue weighted by molar-refractivity contribution is 6.00. The molecule has 0 saturated carbocycles. The van der Waals surface area contributed by atoms with E-state index in [1.54, 1.807) is 18.2 Å². The van der Waals surface area contributed by atoms with Crippen LogP contribution in [0.2, 0.25) is 0 Å². The lowest BCUT2D eigenvalue weighted by Gasteiger charge is -2.14. The summed E-state index contributed by atoms with van der Waals surface area (Å²) in [5.74, 6) is -0.302. The van der Waals surface area contributed by atoms with Gasteiger partial charge in [0, 0.05) is 12.1 Å². The van der Waals surface area contributed by atoms with Crippen molar-refractivity contribution in [2.45, 2.75) is 51.9 Å². The maximum Gasteiger partial charge on any atom is 0.311 e. The number of amides is 1. The van der Waals surface area contributed by atoms with Crippen molar-refractivity contribution < 1.29 is 19.1 Å². The Morgan fingerprint density at radius 1 is 1.14 bits per heavy atom. The number of hydrogen-bond donors (Lipinski definition) is 1. The zero-order valence-electron chi connectivity index (χ0n) is 16.3. The summed E-state index contributed by atoms with van der Waals surface area (Å²) in [6, 6.07) is 12.9. The summed E-state index contributed by atoms with van der Waals surface area (Å²) in [4.78, 5) is 36.3. The average molecular weight is 379 g/mol. The fourth-order valence-corrected chi connectivity index (χ4v) is 3.65. The van der Waals surface area contributed by atoms with E-state index >= 15 is 0 Å². The summed E-state index contributed by atoms with van der Waals surface area (Å²) >= 11 is 0. The number of Topliss-reactive ketones (excluding diaryl/α,β-unsaturated/α-hetero) is 1. The van der Waals surface area contributed by atoms with Crippen LogP contribution < -0.4 is 10.1 Å². The van der Waals surface area contributed by atoms with Gasteiger partial charge in [-0.1, -0.05) is 31.2 Å². The molecule has 5 heteroatoms. The topological polar surface area (TPSA) is 72.5 Å². The summed E-state index contributed by atoms with van der Waals surface area (Å²) in [5.41, 5.74) is 3.31. The van der Waals surface area contributed by atoms with E-state index in [0.717, 1.165) is 19.3 Å². The number of anilines is 1. The molecule has 1 atom stereocenters. The van der Waals surface area contributed by atoms with Gasteiger partial charge in [-0.05, 0) is 61.4 Å². The second-order valence-electron chi connectivity index (χ2n) is 7.18. The second kappa shape index (κ2) is 8.83. The van der Waals surface area contributed by atoms with Crippen molar-refractivity contribution in [2.75, 3.05) is 5.32 Å². The van der Waals surface area contributed by atoms with Crippen molar-refractivity contribution >= 4 is 23.3 Å². The number of carbonyl (C=O) groups excluding carboxylic acids is 3. The highest BCUT2D eigenvalue weighted by Crippen LogP contribution is 2.35. The zero-order chi connectivity index (χ0) is 20.1. The molecule has 2 aromatic rings. The Labute approximate surface area is 165 Å². The predicted molar refractivity (Wildman–Crippen MR) is 108 cm³/mol. The first-order chi connectivity index (χ1) is 13.5. The molecule has 0 spiro atoms. The smallest absolute Gasteiger partial charge is 0.311 e. The third-order valence-electron chi connectivity index (χ3n) is 5.01. The number of ketones is 1. The average Bonchev–Trinajstić information content (AvgIpc) is 3.06. The highest BCUT2D eigenvalue weighted by Gasteiger charge is 2.25. The van der Waals surface area contributed by atoms with E-state index in [1.165, 1.54) is 18.1 Å². The van der Waals surface area contributed by atoms with Gasteiger partial charge in [0.05, 0.1) is 12.0 Å². The minimum absolute atomic E-state index is 0.110. The summed E-state index contributed by atoms with van der Waals surface area (Å²) < 4.78 is 5.52. The number of rotatable bonds is 7. The molecule has 0 radical (unpaired) electrons. The fraction of sp³-hybridized carbons (Fsp3) is 0.348. The van der Waals surface area contributed by atoms with E-state index in [9.17, 15) is 14.4 Å². The largest absolute Gasteiger partial charge is 0.426 e. The second-order valence-corrected chi connectivity index (χ2v) is 7.18. The van der Waals surface area contributed by atoms with E-state index in [0.29, 0.717) is 12.1 Å². The van der Waals surface area contributed by atoms with E-state index in [4.69, 9.17) is 4.74 Å². The molecule has 1 N–H and O–H groups in total. The van der Waals surface area contributed by atoms with Crippen LogP contribution >= 0.6 is 0 Å². The minimum Gasteiger partial charge on any atom is -0.426 e. The molecule has 2 aromatic carbocycles. The molecule has 1 amide bonds. The van der Waals surface area contributed by atoms with Crippen LogP contribution in [0.3, 0.4) is 0 Å². The van der Waals surface area contributed by atoms with Gasteiger partial charge in [0.25, 0.3) is 0 Å². The number of esters is 1. The number of nitrogens with one attached hydrogen (secondary N) is 1. The van der Waals surface area contributed by atoms with Crippen LogP contribution in [0.15, 0.2) is 42.5 Å². The minimum atomic E-state index is -0.355. The normalized spacial score (nSPS) is 15.0. The van der Waals surface area contributed by atoms with Crippen LogP contribution in [0, 0.1) is 0 Å². The van der Waals surface area contributed by atoms with Crippen LogP contribution in [0.1, 0.15) is 66.9 Å². The molecule has 5 nitrogen and oxygen atoms in total. The standard InChI is InChI=1S/C23H25NO4/c1-3-6-22(26)24-18-11-12-21(20(14-18)15(2)25)28-23(27)13-17-10-9-16-7-4-5-8-19(16)17/h4-5,7-8,11-12,14,17H,3,6,9-10,13H2,1-2H3,(H,24,26). The van der Waals surface area contributed by atoms with Gasteiger partial charge in [-0.3, -0.25) is 14.4 Å². The summed E-state index contributed by atoms with van der Waals surface area (Å²) in [6.07, 6.45) is 3.33. The van der Waals surface area contributed by atoms with E-state index in [1.807, 2.05) is 19.1 Å². The van der Waals surface area contributed by atoms with Gasteiger partial charge < -0.3 is 10.1 Å². The van der Waals surface area contributed by atoms with Gasteiger partial charge in [0.2, 0.25) is 5.91 Å². The highest BCUT2D eigenvalue weighted by atomic mass is 16.5. The number of benzene rings is 2. The van der Waals surface area contributed by atoms with Crippen LogP contribution in [-0.2, 0) is 16.0 Å². The van der Waals surface area contributed by atoms with Crippen molar-refractivity contribution in [3.8, 4) is 5.75 Å². The van der Waals surface area contributed by atoms with Crippen molar-refractivity contribution in [3.63, 3.8) is 0 Å². The molecule has 0 bridgehead atoms. The van der Waals surface area contributed by atoms with Crippen molar-refractivity contribution in [1.29, 1.82) is 0 Å². The quantitative estimate of drug-likeness (QED) is 0.432. The van der Waals surface area contributed by atoms with Gasteiger partial charge in [0.1, 0.15) is 5.75 Å². The first-order valence-corrected chi connectivity index (χ1v) is 9.71. The molecule has 0 aliphatic heterocycles. The number of ether oxygens (including phenoxy) is 1. The van der Waals surface area contributed by atoms with E-state index in [2.05, 4.69) is 17.4 Å². The molecular formula is C23H25NO4. The number of hydrogen-bond acceptors (Lipinski definition) is 4. The predicted octanol–water partition coefficient (Wildman–Crippen LogP) is 4.65. The number of aryl methyl sites for hydroxylation is 1. The Morgan fingerprint density at radius 2 is 1.93 bits per heavy atom. The number of carbonyl (C=O) groups is 3. The Balaban J connectivity index is 1.70. The summed E-state index contributed by atoms with van der Waals surface area (Å²) in [7, 11) is 0. The third-order valence-corrected chi connectivity index (χ3v) is 5.01. The van der Waals surface area contributed by atoms with Crippen molar-refractivity contribution in [1.82, 2.24) is 0 Å². The maximum absolute atomic E-state index is 12.5. The first-order valence-electron chi connectivity index (χ1n) is 9.71.